The standard InChI is InChI=1S/C20H21N3O/c24-18-10-4-6-15(12-18)19-14-22-23(17-8-2-1-3-9-17)20(19)13-16-7-5-11-21-16/h1-4,6,8-10,12,14,16,21,24H,5,7,11,13H2. The van der Waals surface area contributed by atoms with E-state index in [4.69, 9.17) is 0 Å². The summed E-state index contributed by atoms with van der Waals surface area (Å²) in [6, 6.07) is 18.1. The number of phenols is 1. The number of para-hydroxylation sites is 1. The molecule has 2 aromatic carbocycles. The zero-order chi connectivity index (χ0) is 16.4. The van der Waals surface area contributed by atoms with Gasteiger partial charge in [0.25, 0.3) is 0 Å². The average Bonchev–Trinajstić information content (AvgIpc) is 3.26. The highest BCUT2D eigenvalue weighted by molar-refractivity contribution is 5.67. The molecule has 2 N–H and O–H groups in total. The number of aromatic nitrogens is 2. The van der Waals surface area contributed by atoms with Crippen molar-refractivity contribution in [2.75, 3.05) is 6.54 Å². The molecule has 4 nitrogen and oxygen atoms in total. The second-order valence-electron chi connectivity index (χ2n) is 6.30. The van der Waals surface area contributed by atoms with Crippen LogP contribution in [0.4, 0.5) is 0 Å². The third kappa shape index (κ3) is 2.93. The van der Waals surface area contributed by atoms with Crippen molar-refractivity contribution >= 4 is 0 Å². The number of rotatable bonds is 4. The highest BCUT2D eigenvalue weighted by Crippen LogP contribution is 2.29. The van der Waals surface area contributed by atoms with Gasteiger partial charge < -0.3 is 10.4 Å². The van der Waals surface area contributed by atoms with Crippen molar-refractivity contribution < 1.29 is 5.11 Å². The van der Waals surface area contributed by atoms with E-state index in [-0.39, 0.29) is 5.75 Å². The van der Waals surface area contributed by atoms with E-state index in [0.29, 0.717) is 6.04 Å². The number of aromatic hydroxyl groups is 1. The number of nitrogens with one attached hydrogen (secondary N) is 1. The van der Waals surface area contributed by atoms with Crippen molar-refractivity contribution in [1.82, 2.24) is 15.1 Å². The van der Waals surface area contributed by atoms with E-state index in [1.54, 1.807) is 12.1 Å². The zero-order valence-electron chi connectivity index (χ0n) is 13.5. The van der Waals surface area contributed by atoms with Crippen LogP contribution >= 0.6 is 0 Å². The largest absolute Gasteiger partial charge is 0.508 e. The Hall–Kier alpha value is -2.59. The maximum atomic E-state index is 9.83. The normalized spacial score (nSPS) is 17.2. The number of nitrogens with zero attached hydrogens (tertiary/aromatic N) is 2. The minimum atomic E-state index is 0.282. The molecule has 4 rings (SSSR count). The minimum absolute atomic E-state index is 0.282. The van der Waals surface area contributed by atoms with E-state index >= 15 is 0 Å². The Morgan fingerprint density at radius 2 is 2.00 bits per heavy atom. The molecular weight excluding hydrogens is 298 g/mol. The molecule has 4 heteroatoms. The summed E-state index contributed by atoms with van der Waals surface area (Å²) in [5.74, 6) is 0.282. The first-order chi connectivity index (χ1) is 11.8. The summed E-state index contributed by atoms with van der Waals surface area (Å²) in [5.41, 5.74) is 4.34. The van der Waals surface area contributed by atoms with Gasteiger partial charge in [-0.05, 0) is 49.2 Å². The third-order valence-corrected chi connectivity index (χ3v) is 4.63. The van der Waals surface area contributed by atoms with Crippen molar-refractivity contribution in [3.8, 4) is 22.6 Å². The summed E-state index contributed by atoms with van der Waals surface area (Å²) in [5, 5.41) is 18.0. The molecule has 122 valence electrons. The Labute approximate surface area is 141 Å². The first kappa shape index (κ1) is 15.0. The lowest BCUT2D eigenvalue weighted by Gasteiger charge is -2.14. The molecule has 0 radical (unpaired) electrons. The molecule has 1 aliphatic heterocycles. The Balaban J connectivity index is 1.80. The van der Waals surface area contributed by atoms with E-state index in [1.165, 1.54) is 18.5 Å². The molecule has 0 spiro atoms. The molecule has 1 fully saturated rings. The highest BCUT2D eigenvalue weighted by Gasteiger charge is 2.21. The second-order valence-corrected chi connectivity index (χ2v) is 6.30. The fourth-order valence-electron chi connectivity index (χ4n) is 3.44. The summed E-state index contributed by atoms with van der Waals surface area (Å²) in [7, 11) is 0. The number of phenolic OH excluding ortho intramolecular Hbond substituents is 1. The van der Waals surface area contributed by atoms with Gasteiger partial charge in [0, 0.05) is 18.0 Å². The molecule has 1 aliphatic rings. The van der Waals surface area contributed by atoms with Gasteiger partial charge in [-0.1, -0.05) is 30.3 Å². The summed E-state index contributed by atoms with van der Waals surface area (Å²) in [6.07, 6.45) is 5.26. The molecule has 1 unspecified atom stereocenters. The molecule has 3 aromatic rings. The van der Waals surface area contributed by atoms with Crippen molar-refractivity contribution in [1.29, 1.82) is 0 Å². The highest BCUT2D eigenvalue weighted by atomic mass is 16.3. The van der Waals surface area contributed by atoms with E-state index in [1.807, 2.05) is 41.2 Å². The van der Waals surface area contributed by atoms with Gasteiger partial charge in [0.05, 0.1) is 17.6 Å². The van der Waals surface area contributed by atoms with Gasteiger partial charge in [-0.15, -0.1) is 0 Å². The fraction of sp³-hybridized carbons (Fsp3) is 0.250. The molecule has 0 bridgehead atoms. The number of hydrogen-bond donors (Lipinski definition) is 2. The van der Waals surface area contributed by atoms with Crippen LogP contribution in [0.15, 0.2) is 60.8 Å². The van der Waals surface area contributed by atoms with Crippen molar-refractivity contribution in [3.63, 3.8) is 0 Å². The molecule has 1 atom stereocenters. The van der Waals surface area contributed by atoms with Crippen LogP contribution in [-0.4, -0.2) is 27.5 Å². The lowest BCUT2D eigenvalue weighted by atomic mass is 10.0. The number of benzene rings is 2. The van der Waals surface area contributed by atoms with E-state index < -0.39 is 0 Å². The Kier molecular flexibility index (Phi) is 4.05. The molecule has 1 aromatic heterocycles. The minimum Gasteiger partial charge on any atom is -0.508 e. The Bertz CT molecular complexity index is 820. The van der Waals surface area contributed by atoms with Crippen LogP contribution in [0.5, 0.6) is 5.75 Å². The van der Waals surface area contributed by atoms with Crippen LogP contribution in [0.1, 0.15) is 18.5 Å². The van der Waals surface area contributed by atoms with Crippen molar-refractivity contribution in [2.45, 2.75) is 25.3 Å². The average molecular weight is 319 g/mol. The Morgan fingerprint density at radius 3 is 2.75 bits per heavy atom. The quantitative estimate of drug-likeness (QED) is 0.773. The molecular formula is C20H21N3O. The summed E-state index contributed by atoms with van der Waals surface area (Å²) < 4.78 is 2.03. The van der Waals surface area contributed by atoms with Crippen LogP contribution in [-0.2, 0) is 6.42 Å². The predicted octanol–water partition coefficient (Wildman–Crippen LogP) is 3.54. The SMILES string of the molecule is Oc1cccc(-c2cnn(-c3ccccc3)c2CC2CCCN2)c1. The van der Waals surface area contributed by atoms with Crippen LogP contribution in [0, 0.1) is 0 Å². The summed E-state index contributed by atoms with van der Waals surface area (Å²) in [4.78, 5) is 0. The lowest BCUT2D eigenvalue weighted by Crippen LogP contribution is -2.25. The van der Waals surface area contributed by atoms with Gasteiger partial charge in [0.1, 0.15) is 5.75 Å². The molecule has 1 saturated heterocycles. The summed E-state index contributed by atoms with van der Waals surface area (Å²) in [6.45, 7) is 1.09. The predicted molar refractivity (Wildman–Crippen MR) is 95.4 cm³/mol. The van der Waals surface area contributed by atoms with Gasteiger partial charge in [0.15, 0.2) is 0 Å². The Morgan fingerprint density at radius 1 is 1.12 bits per heavy atom. The van der Waals surface area contributed by atoms with E-state index in [2.05, 4.69) is 22.5 Å². The van der Waals surface area contributed by atoms with Gasteiger partial charge in [-0.25, -0.2) is 4.68 Å². The second kappa shape index (κ2) is 6.49. The van der Waals surface area contributed by atoms with Crippen molar-refractivity contribution in [3.05, 3.63) is 66.5 Å². The van der Waals surface area contributed by atoms with Gasteiger partial charge >= 0.3 is 0 Å². The lowest BCUT2D eigenvalue weighted by molar-refractivity contribution is 0.475. The van der Waals surface area contributed by atoms with Crippen LogP contribution < -0.4 is 5.32 Å². The van der Waals surface area contributed by atoms with Gasteiger partial charge in [0.2, 0.25) is 0 Å². The number of hydrogen-bond acceptors (Lipinski definition) is 3. The first-order valence-corrected chi connectivity index (χ1v) is 8.46. The molecule has 0 saturated carbocycles. The monoisotopic (exact) mass is 319 g/mol. The molecule has 0 amide bonds. The fourth-order valence-corrected chi connectivity index (χ4v) is 3.44. The zero-order valence-corrected chi connectivity index (χ0v) is 13.5. The summed E-state index contributed by atoms with van der Waals surface area (Å²) >= 11 is 0. The molecule has 0 aliphatic carbocycles. The van der Waals surface area contributed by atoms with Crippen LogP contribution in [0.2, 0.25) is 0 Å². The molecule has 24 heavy (non-hydrogen) atoms. The van der Waals surface area contributed by atoms with Crippen LogP contribution in [0.3, 0.4) is 0 Å². The molecule has 2 heterocycles. The first-order valence-electron chi connectivity index (χ1n) is 8.46. The van der Waals surface area contributed by atoms with E-state index in [9.17, 15) is 5.11 Å². The third-order valence-electron chi connectivity index (χ3n) is 4.63. The van der Waals surface area contributed by atoms with Crippen LogP contribution in [0.25, 0.3) is 16.8 Å². The van der Waals surface area contributed by atoms with Gasteiger partial charge in [-0.3, -0.25) is 0 Å². The van der Waals surface area contributed by atoms with Gasteiger partial charge in [-0.2, -0.15) is 5.10 Å². The maximum Gasteiger partial charge on any atom is 0.116 e. The smallest absolute Gasteiger partial charge is 0.116 e. The maximum absolute atomic E-state index is 9.83. The van der Waals surface area contributed by atoms with E-state index in [0.717, 1.165) is 29.8 Å². The topological polar surface area (TPSA) is 50.1 Å². The van der Waals surface area contributed by atoms with Crippen molar-refractivity contribution in [2.24, 2.45) is 0 Å².